The van der Waals surface area contributed by atoms with Gasteiger partial charge in [-0.3, -0.25) is 14.6 Å². The molecular weight excluding hydrogens is 424 g/mol. The molecule has 4 rings (SSSR count). The predicted octanol–water partition coefficient (Wildman–Crippen LogP) is 5.32. The molecule has 1 amide bonds. The highest BCUT2D eigenvalue weighted by atomic mass is 35.5. The van der Waals surface area contributed by atoms with Crippen LogP contribution in [0.5, 0.6) is 0 Å². The van der Waals surface area contributed by atoms with Gasteiger partial charge in [-0.25, -0.2) is 8.78 Å². The molecule has 0 radical (unpaired) electrons. The Balaban J connectivity index is 0.000000254. The van der Waals surface area contributed by atoms with Crippen LogP contribution in [0.3, 0.4) is 0 Å². The summed E-state index contributed by atoms with van der Waals surface area (Å²) < 4.78 is 24.3. The zero-order chi connectivity index (χ0) is 22.8. The summed E-state index contributed by atoms with van der Waals surface area (Å²) in [6.07, 6.45) is 5.96. The van der Waals surface area contributed by atoms with E-state index in [9.17, 15) is 18.4 Å². The lowest BCUT2D eigenvalue weighted by Gasteiger charge is -2.34. The molecule has 1 aliphatic carbocycles. The maximum atomic E-state index is 12.4. The normalized spacial score (nSPS) is 15.9. The van der Waals surface area contributed by atoms with Crippen molar-refractivity contribution >= 4 is 28.4 Å². The van der Waals surface area contributed by atoms with Gasteiger partial charge in [0.25, 0.3) is 5.91 Å². The maximum Gasteiger partial charge on any atom is 0.268 e. The monoisotopic (exact) mass is 447 g/mol. The van der Waals surface area contributed by atoms with Gasteiger partial charge in [0.2, 0.25) is 0 Å². The Labute approximate surface area is 183 Å². The lowest BCUT2D eigenvalue weighted by Crippen LogP contribution is -2.22. The first-order chi connectivity index (χ1) is 14.6. The van der Waals surface area contributed by atoms with Gasteiger partial charge in [0, 0.05) is 18.0 Å². The number of carbonyl (C=O) groups is 1. The summed E-state index contributed by atoms with van der Waals surface area (Å²) in [4.78, 5) is 31.1. The minimum atomic E-state index is -0.987. The molecule has 1 fully saturated rings. The van der Waals surface area contributed by atoms with Gasteiger partial charge in [0.15, 0.2) is 17.1 Å². The Kier molecular flexibility index (Phi) is 6.74. The lowest BCUT2D eigenvalue weighted by atomic mass is 9.72. The molecule has 1 aromatic carbocycles. The van der Waals surface area contributed by atoms with E-state index in [0.717, 1.165) is 37.4 Å². The lowest BCUT2D eigenvalue weighted by molar-refractivity contribution is 0.0997. The molecule has 3 N–H and O–H groups in total. The highest BCUT2D eigenvalue weighted by molar-refractivity contribution is 6.30. The number of fused-ring (bicyclic) bond motifs is 1. The highest BCUT2D eigenvalue weighted by Crippen LogP contribution is 2.41. The van der Waals surface area contributed by atoms with Gasteiger partial charge in [-0.2, -0.15) is 0 Å². The number of nitrogens with two attached hydrogens (primary N) is 1. The van der Waals surface area contributed by atoms with Gasteiger partial charge in [0.1, 0.15) is 5.69 Å². The number of hydrogen-bond acceptors (Lipinski definition) is 3. The summed E-state index contributed by atoms with van der Waals surface area (Å²) in [7, 11) is 0. The number of aromatic nitrogens is 2. The molecule has 2 heterocycles. The van der Waals surface area contributed by atoms with E-state index >= 15 is 0 Å². The van der Waals surface area contributed by atoms with E-state index in [2.05, 4.69) is 23.8 Å². The second kappa shape index (κ2) is 9.14. The Morgan fingerprint density at radius 3 is 2.48 bits per heavy atom. The van der Waals surface area contributed by atoms with E-state index in [1.165, 1.54) is 18.3 Å². The molecule has 0 atom stereocenters. The molecule has 1 saturated carbocycles. The van der Waals surface area contributed by atoms with Gasteiger partial charge >= 0.3 is 0 Å². The van der Waals surface area contributed by atoms with E-state index in [1.807, 2.05) is 0 Å². The van der Waals surface area contributed by atoms with Crippen LogP contribution in [0.1, 0.15) is 61.6 Å². The van der Waals surface area contributed by atoms with Crippen LogP contribution < -0.4 is 11.2 Å². The summed E-state index contributed by atoms with van der Waals surface area (Å²) in [6.45, 7) is 4.58. The van der Waals surface area contributed by atoms with Crippen LogP contribution in [0.15, 0.2) is 41.3 Å². The van der Waals surface area contributed by atoms with Gasteiger partial charge in [-0.1, -0.05) is 31.5 Å². The highest BCUT2D eigenvalue weighted by Gasteiger charge is 2.28. The third-order valence-electron chi connectivity index (χ3n) is 5.68. The van der Waals surface area contributed by atoms with Crippen LogP contribution in [0.4, 0.5) is 8.78 Å². The number of benzene rings is 1. The van der Waals surface area contributed by atoms with Crippen molar-refractivity contribution in [3.8, 4) is 0 Å². The summed E-state index contributed by atoms with van der Waals surface area (Å²) in [6, 6.07) is 6.99. The number of rotatable bonds is 2. The van der Waals surface area contributed by atoms with Gasteiger partial charge in [0.05, 0.1) is 15.9 Å². The van der Waals surface area contributed by atoms with Crippen LogP contribution >= 0.6 is 11.6 Å². The van der Waals surface area contributed by atoms with Gasteiger partial charge < -0.3 is 10.7 Å². The maximum absolute atomic E-state index is 12.4. The summed E-state index contributed by atoms with van der Waals surface area (Å²) in [5, 5.41) is 0.102. The second-order valence-corrected chi connectivity index (χ2v) is 8.92. The first kappa shape index (κ1) is 22.9. The van der Waals surface area contributed by atoms with Crippen molar-refractivity contribution < 1.29 is 13.6 Å². The fourth-order valence-corrected chi connectivity index (χ4v) is 3.98. The van der Waals surface area contributed by atoms with Crippen LogP contribution in [0.2, 0.25) is 5.02 Å². The number of nitrogens with one attached hydrogen (secondary N) is 1. The largest absolute Gasteiger partial charge is 0.364 e. The van der Waals surface area contributed by atoms with Crippen LogP contribution in [0.25, 0.3) is 10.9 Å². The number of hydrogen-bond donors (Lipinski definition) is 2. The summed E-state index contributed by atoms with van der Waals surface area (Å²) >= 11 is 5.20. The molecule has 8 heteroatoms. The number of carbonyl (C=O) groups excluding carboxylic acids is 1. The average molecular weight is 448 g/mol. The number of primary amides is 1. The average Bonchev–Trinajstić information content (AvgIpc) is 2.71. The Morgan fingerprint density at radius 2 is 1.90 bits per heavy atom. The molecule has 5 nitrogen and oxygen atoms in total. The Bertz CT molecular complexity index is 1150. The summed E-state index contributed by atoms with van der Waals surface area (Å²) in [5.74, 6) is -2.21. The first-order valence-corrected chi connectivity index (χ1v) is 10.4. The van der Waals surface area contributed by atoms with Crippen molar-refractivity contribution in [3.63, 3.8) is 0 Å². The predicted molar refractivity (Wildman–Crippen MR) is 117 cm³/mol. The third-order valence-corrected chi connectivity index (χ3v) is 5.97. The van der Waals surface area contributed by atoms with Gasteiger partial charge in [-0.05, 0) is 55.2 Å². The molecule has 0 spiro atoms. The molecule has 0 saturated heterocycles. The minimum Gasteiger partial charge on any atom is -0.364 e. The molecule has 31 heavy (non-hydrogen) atoms. The zero-order valence-electron chi connectivity index (χ0n) is 17.3. The minimum absolute atomic E-state index is 0.0371. The van der Waals surface area contributed by atoms with Crippen LogP contribution in [0, 0.1) is 17.0 Å². The number of amides is 1. The molecule has 164 valence electrons. The zero-order valence-corrected chi connectivity index (χ0v) is 18.1. The number of halogens is 3. The fraction of sp³-hybridized carbons (Fsp3) is 0.348. The Hall–Kier alpha value is -2.80. The van der Waals surface area contributed by atoms with Crippen molar-refractivity contribution in [1.29, 1.82) is 0 Å². The van der Waals surface area contributed by atoms with Crippen molar-refractivity contribution in [1.82, 2.24) is 9.97 Å². The number of H-pyrrole nitrogens is 1. The van der Waals surface area contributed by atoms with E-state index in [0.29, 0.717) is 16.8 Å². The number of pyridine rings is 2. The van der Waals surface area contributed by atoms with Crippen molar-refractivity contribution in [2.45, 2.75) is 45.4 Å². The molecular formula is C23H24ClF2N3O2. The Morgan fingerprint density at radius 1 is 1.23 bits per heavy atom. The second-order valence-electron chi connectivity index (χ2n) is 8.51. The fourth-order valence-electron chi connectivity index (χ4n) is 3.81. The molecule has 3 aromatic rings. The molecule has 1 aliphatic rings. The summed E-state index contributed by atoms with van der Waals surface area (Å²) in [5.41, 5.74) is 7.13. The van der Waals surface area contributed by atoms with Crippen molar-refractivity contribution in [2.75, 3.05) is 0 Å². The number of aromatic amines is 1. The SMILES string of the molecule is CC1(C)CCC(c2cc(=O)c3c(C(N)=O)nccc3[nH]2)CC1.Fc1cccc(Cl)c1F. The van der Waals surface area contributed by atoms with E-state index < -0.39 is 17.5 Å². The van der Waals surface area contributed by atoms with Crippen molar-refractivity contribution in [2.24, 2.45) is 11.1 Å². The smallest absolute Gasteiger partial charge is 0.268 e. The topological polar surface area (TPSA) is 88.8 Å². The van der Waals surface area contributed by atoms with Crippen molar-refractivity contribution in [3.05, 3.63) is 74.8 Å². The van der Waals surface area contributed by atoms with Crippen LogP contribution in [-0.4, -0.2) is 15.9 Å². The first-order valence-electron chi connectivity index (χ1n) is 10.0. The van der Waals surface area contributed by atoms with Gasteiger partial charge in [-0.15, -0.1) is 0 Å². The molecule has 0 aliphatic heterocycles. The molecule has 0 bridgehead atoms. The number of nitrogens with zero attached hydrogens (tertiary/aromatic N) is 1. The standard InChI is InChI=1S/C17H21N3O2.C6H3ClF2/c1-17(2)6-3-10(4-7-17)12-9-13(21)14-11(20-12)5-8-19-15(14)16(18)22;7-4-2-1-3-5(8)6(4)9/h5,8-10H,3-4,6-7H2,1-2H3,(H2,18,22)(H,20,21);1-3H. The van der Waals surface area contributed by atoms with E-state index in [1.54, 1.807) is 12.1 Å². The van der Waals surface area contributed by atoms with E-state index in [4.69, 9.17) is 17.3 Å². The van der Waals surface area contributed by atoms with Crippen LogP contribution in [-0.2, 0) is 0 Å². The molecule has 2 aromatic heterocycles. The quantitative estimate of drug-likeness (QED) is 0.521. The third kappa shape index (κ3) is 5.28. The molecule has 0 unspecified atom stereocenters. The van der Waals surface area contributed by atoms with E-state index in [-0.39, 0.29) is 21.5 Å².